The Morgan fingerprint density at radius 2 is 2.00 bits per heavy atom. The first-order valence-electron chi connectivity index (χ1n) is 6.20. The van der Waals surface area contributed by atoms with Crippen molar-refractivity contribution in [1.82, 2.24) is 4.57 Å². The number of nitrogens with two attached hydrogens (primary N) is 1. The minimum Gasteiger partial charge on any atom is -0.497 e. The van der Waals surface area contributed by atoms with Gasteiger partial charge in [-0.1, -0.05) is 19.1 Å². The second kappa shape index (κ2) is 5.49. The quantitative estimate of drug-likeness (QED) is 0.913. The van der Waals surface area contributed by atoms with Gasteiger partial charge in [-0.15, -0.1) is 0 Å². The Labute approximate surface area is 113 Å². The summed E-state index contributed by atoms with van der Waals surface area (Å²) in [6.45, 7) is 2.69. The van der Waals surface area contributed by atoms with Crippen molar-refractivity contribution in [2.45, 2.75) is 19.9 Å². The lowest BCUT2D eigenvalue weighted by Crippen LogP contribution is -2.07. The lowest BCUT2D eigenvalue weighted by molar-refractivity contribution is 0.414. The van der Waals surface area contributed by atoms with Crippen LogP contribution in [0.5, 0.6) is 5.75 Å². The van der Waals surface area contributed by atoms with Crippen molar-refractivity contribution in [1.29, 1.82) is 5.26 Å². The van der Waals surface area contributed by atoms with Gasteiger partial charge >= 0.3 is 0 Å². The van der Waals surface area contributed by atoms with Gasteiger partial charge in [0.2, 0.25) is 0 Å². The third kappa shape index (κ3) is 2.55. The summed E-state index contributed by atoms with van der Waals surface area (Å²) in [6.07, 6.45) is 0.809. The summed E-state index contributed by atoms with van der Waals surface area (Å²) in [6, 6.07) is 11.8. The normalized spacial score (nSPS) is 10.2. The minimum atomic E-state index is 0.602. The monoisotopic (exact) mass is 255 g/mol. The molecule has 2 aromatic rings. The molecule has 0 bridgehead atoms. The van der Waals surface area contributed by atoms with E-state index in [1.807, 2.05) is 35.8 Å². The molecule has 0 saturated heterocycles. The average molecular weight is 255 g/mol. The van der Waals surface area contributed by atoms with Crippen LogP contribution in [0.1, 0.15) is 23.9 Å². The first-order chi connectivity index (χ1) is 9.19. The number of nitrogen functional groups attached to an aromatic ring is 1. The van der Waals surface area contributed by atoms with Gasteiger partial charge in [0, 0.05) is 12.2 Å². The fourth-order valence-corrected chi connectivity index (χ4v) is 2.19. The number of ether oxygens (including phenoxy) is 1. The summed E-state index contributed by atoms with van der Waals surface area (Å²) < 4.78 is 7.10. The molecule has 0 radical (unpaired) electrons. The molecular weight excluding hydrogens is 238 g/mol. The fraction of sp³-hybridized carbons (Fsp3) is 0.267. The van der Waals surface area contributed by atoms with Gasteiger partial charge in [0.15, 0.2) is 0 Å². The molecule has 0 aliphatic rings. The van der Waals surface area contributed by atoms with Crippen LogP contribution in [0.2, 0.25) is 0 Å². The number of anilines is 1. The molecular formula is C15H17N3O. The van der Waals surface area contributed by atoms with E-state index in [9.17, 15) is 0 Å². The predicted octanol–water partition coefficient (Wildman–Crippen LogP) is 2.56. The van der Waals surface area contributed by atoms with E-state index < -0.39 is 0 Å². The molecule has 0 aliphatic heterocycles. The van der Waals surface area contributed by atoms with Gasteiger partial charge < -0.3 is 15.0 Å². The van der Waals surface area contributed by atoms with E-state index in [0.29, 0.717) is 17.9 Å². The van der Waals surface area contributed by atoms with Crippen LogP contribution in [0, 0.1) is 11.3 Å². The third-order valence-corrected chi connectivity index (χ3v) is 3.19. The highest BCUT2D eigenvalue weighted by atomic mass is 16.5. The van der Waals surface area contributed by atoms with Crippen molar-refractivity contribution in [3.63, 3.8) is 0 Å². The van der Waals surface area contributed by atoms with Crippen LogP contribution in [-0.2, 0) is 13.0 Å². The standard InChI is InChI=1S/C15H17N3O/c1-3-15-14(17)8-12(9-16)18(15)10-11-4-6-13(19-2)7-5-11/h4-8H,3,10,17H2,1-2H3. The van der Waals surface area contributed by atoms with E-state index in [1.54, 1.807) is 13.2 Å². The van der Waals surface area contributed by atoms with Crippen LogP contribution < -0.4 is 10.5 Å². The smallest absolute Gasteiger partial charge is 0.122 e. The summed E-state index contributed by atoms with van der Waals surface area (Å²) >= 11 is 0. The number of benzene rings is 1. The summed E-state index contributed by atoms with van der Waals surface area (Å²) in [4.78, 5) is 0. The maximum atomic E-state index is 9.17. The van der Waals surface area contributed by atoms with Gasteiger partial charge in [-0.05, 0) is 30.2 Å². The molecule has 0 unspecified atom stereocenters. The van der Waals surface area contributed by atoms with Gasteiger partial charge in [-0.2, -0.15) is 5.26 Å². The molecule has 0 spiro atoms. The van der Waals surface area contributed by atoms with Crippen molar-refractivity contribution in [3.8, 4) is 11.8 Å². The predicted molar refractivity (Wildman–Crippen MR) is 75.0 cm³/mol. The van der Waals surface area contributed by atoms with Crippen LogP contribution >= 0.6 is 0 Å². The largest absolute Gasteiger partial charge is 0.497 e. The number of hydrogen-bond donors (Lipinski definition) is 1. The number of methoxy groups -OCH3 is 1. The zero-order valence-corrected chi connectivity index (χ0v) is 11.2. The number of aromatic nitrogens is 1. The number of nitrogens with zero attached hydrogens (tertiary/aromatic N) is 2. The molecule has 1 heterocycles. The highest BCUT2D eigenvalue weighted by Gasteiger charge is 2.11. The van der Waals surface area contributed by atoms with Crippen molar-refractivity contribution < 1.29 is 4.74 Å². The van der Waals surface area contributed by atoms with E-state index in [1.165, 1.54) is 0 Å². The van der Waals surface area contributed by atoms with Crippen LogP contribution in [-0.4, -0.2) is 11.7 Å². The van der Waals surface area contributed by atoms with Crippen molar-refractivity contribution >= 4 is 5.69 Å². The van der Waals surface area contributed by atoms with Gasteiger partial charge in [0.25, 0.3) is 0 Å². The summed E-state index contributed by atoms with van der Waals surface area (Å²) in [5.41, 5.74) is 9.35. The van der Waals surface area contributed by atoms with E-state index in [-0.39, 0.29) is 0 Å². The van der Waals surface area contributed by atoms with Gasteiger partial charge in [0.1, 0.15) is 17.5 Å². The molecule has 0 fully saturated rings. The first kappa shape index (κ1) is 13.0. The molecule has 2 rings (SSSR count). The lowest BCUT2D eigenvalue weighted by Gasteiger charge is -2.10. The molecule has 0 amide bonds. The van der Waals surface area contributed by atoms with Crippen molar-refractivity contribution in [2.75, 3.05) is 12.8 Å². The molecule has 2 N–H and O–H groups in total. The summed E-state index contributed by atoms with van der Waals surface area (Å²) in [5, 5.41) is 9.17. The zero-order valence-electron chi connectivity index (χ0n) is 11.2. The average Bonchev–Trinajstić information content (AvgIpc) is 2.75. The Morgan fingerprint density at radius 1 is 1.32 bits per heavy atom. The molecule has 98 valence electrons. The molecule has 19 heavy (non-hydrogen) atoms. The maximum absolute atomic E-state index is 9.17. The van der Waals surface area contributed by atoms with E-state index >= 15 is 0 Å². The zero-order chi connectivity index (χ0) is 13.8. The molecule has 1 aromatic heterocycles. The van der Waals surface area contributed by atoms with Crippen LogP contribution in [0.25, 0.3) is 0 Å². The van der Waals surface area contributed by atoms with Gasteiger partial charge in [-0.25, -0.2) is 0 Å². The molecule has 0 atom stereocenters. The van der Waals surface area contributed by atoms with Crippen molar-refractivity contribution in [3.05, 3.63) is 47.3 Å². The van der Waals surface area contributed by atoms with Gasteiger partial charge in [-0.3, -0.25) is 0 Å². The number of nitriles is 1. The molecule has 0 aliphatic carbocycles. The fourth-order valence-electron chi connectivity index (χ4n) is 2.19. The Morgan fingerprint density at radius 3 is 2.53 bits per heavy atom. The Balaban J connectivity index is 2.34. The Hall–Kier alpha value is -2.41. The Kier molecular flexibility index (Phi) is 3.76. The second-order valence-corrected chi connectivity index (χ2v) is 4.33. The second-order valence-electron chi connectivity index (χ2n) is 4.33. The topological polar surface area (TPSA) is 64.0 Å². The minimum absolute atomic E-state index is 0.602. The van der Waals surface area contributed by atoms with Crippen LogP contribution in [0.15, 0.2) is 30.3 Å². The van der Waals surface area contributed by atoms with Crippen LogP contribution in [0.4, 0.5) is 5.69 Å². The van der Waals surface area contributed by atoms with E-state index in [4.69, 9.17) is 15.7 Å². The summed E-state index contributed by atoms with van der Waals surface area (Å²) in [5.74, 6) is 0.826. The number of hydrogen-bond acceptors (Lipinski definition) is 3. The van der Waals surface area contributed by atoms with E-state index in [2.05, 4.69) is 6.07 Å². The SMILES string of the molecule is CCc1c(N)cc(C#N)n1Cc1ccc(OC)cc1. The summed E-state index contributed by atoms with van der Waals surface area (Å²) in [7, 11) is 1.64. The highest BCUT2D eigenvalue weighted by Crippen LogP contribution is 2.21. The number of rotatable bonds is 4. The molecule has 1 aromatic carbocycles. The van der Waals surface area contributed by atoms with E-state index in [0.717, 1.165) is 23.4 Å². The maximum Gasteiger partial charge on any atom is 0.122 e. The van der Waals surface area contributed by atoms with Crippen molar-refractivity contribution in [2.24, 2.45) is 0 Å². The molecule has 4 nitrogen and oxygen atoms in total. The highest BCUT2D eigenvalue weighted by molar-refractivity contribution is 5.51. The lowest BCUT2D eigenvalue weighted by atomic mass is 10.2. The Bertz CT molecular complexity index is 606. The molecule has 0 saturated carbocycles. The van der Waals surface area contributed by atoms with Gasteiger partial charge in [0.05, 0.1) is 12.8 Å². The third-order valence-electron chi connectivity index (χ3n) is 3.19. The molecule has 4 heteroatoms. The first-order valence-corrected chi connectivity index (χ1v) is 6.20. The van der Waals surface area contributed by atoms with Crippen LogP contribution in [0.3, 0.4) is 0 Å².